The van der Waals surface area contributed by atoms with Crippen LogP contribution in [0.4, 0.5) is 0 Å². The first kappa shape index (κ1) is 17.5. The Morgan fingerprint density at radius 2 is 1.62 bits per heavy atom. The second kappa shape index (κ2) is 6.97. The van der Waals surface area contributed by atoms with Crippen molar-refractivity contribution in [3.63, 3.8) is 0 Å². The molecule has 0 heterocycles. The van der Waals surface area contributed by atoms with Gasteiger partial charge in [0, 0.05) is 0 Å². The van der Waals surface area contributed by atoms with Gasteiger partial charge in [-0.05, 0) is 58.2 Å². The van der Waals surface area contributed by atoms with E-state index >= 15 is 0 Å². The number of hydrogen-bond donors (Lipinski definition) is 0. The maximum atomic E-state index is 12.3. The largest absolute Gasteiger partial charge is 0.476 e. The van der Waals surface area contributed by atoms with E-state index in [4.69, 9.17) is 9.47 Å². The van der Waals surface area contributed by atoms with Crippen LogP contribution in [0.15, 0.2) is 24.3 Å². The van der Waals surface area contributed by atoms with Crippen LogP contribution in [-0.2, 0) is 16.0 Å². The maximum absolute atomic E-state index is 12.3. The van der Waals surface area contributed by atoms with Crippen molar-refractivity contribution in [1.29, 1.82) is 0 Å². The van der Waals surface area contributed by atoms with Gasteiger partial charge in [0.25, 0.3) is 0 Å². The maximum Gasteiger partial charge on any atom is 0.350 e. The number of benzene rings is 1. The number of hydrogen-bond acceptors (Lipinski definition) is 3. The zero-order valence-electron chi connectivity index (χ0n) is 14.2. The summed E-state index contributed by atoms with van der Waals surface area (Å²) in [5, 5.41) is 0. The van der Waals surface area contributed by atoms with Crippen molar-refractivity contribution in [3.05, 3.63) is 29.8 Å². The van der Waals surface area contributed by atoms with E-state index in [2.05, 4.69) is 6.92 Å². The number of aryl methyl sites for hydroxylation is 1. The lowest BCUT2D eigenvalue weighted by Crippen LogP contribution is -2.45. The standard InChI is InChI=1S/C18H28O3/c1-7-9-14-10-12-15(13-11-14)20-18(6,8-2)16(19)21-17(3,4)5/h10-13H,7-9H2,1-6H3. The van der Waals surface area contributed by atoms with Gasteiger partial charge in [-0.3, -0.25) is 0 Å². The van der Waals surface area contributed by atoms with Crippen molar-refractivity contribution in [1.82, 2.24) is 0 Å². The summed E-state index contributed by atoms with van der Waals surface area (Å²) >= 11 is 0. The number of esters is 1. The quantitative estimate of drug-likeness (QED) is 0.723. The Labute approximate surface area is 128 Å². The minimum Gasteiger partial charge on any atom is -0.476 e. The van der Waals surface area contributed by atoms with Gasteiger partial charge in [0.15, 0.2) is 0 Å². The van der Waals surface area contributed by atoms with Gasteiger partial charge >= 0.3 is 5.97 Å². The average molecular weight is 292 g/mol. The van der Waals surface area contributed by atoms with E-state index in [0.717, 1.165) is 12.8 Å². The van der Waals surface area contributed by atoms with Gasteiger partial charge in [0.1, 0.15) is 11.4 Å². The van der Waals surface area contributed by atoms with Gasteiger partial charge in [0.05, 0.1) is 0 Å². The molecule has 0 aliphatic heterocycles. The molecular weight excluding hydrogens is 264 g/mol. The Morgan fingerprint density at radius 3 is 2.05 bits per heavy atom. The molecule has 0 fully saturated rings. The summed E-state index contributed by atoms with van der Waals surface area (Å²) < 4.78 is 11.4. The van der Waals surface area contributed by atoms with Crippen LogP contribution in [0.5, 0.6) is 5.75 Å². The Bertz CT molecular complexity index is 456. The Hall–Kier alpha value is -1.51. The summed E-state index contributed by atoms with van der Waals surface area (Å²) in [4.78, 5) is 12.3. The molecule has 0 aliphatic rings. The van der Waals surface area contributed by atoms with Gasteiger partial charge in [0.2, 0.25) is 5.60 Å². The monoisotopic (exact) mass is 292 g/mol. The highest BCUT2D eigenvalue weighted by Crippen LogP contribution is 2.25. The minimum absolute atomic E-state index is 0.324. The van der Waals surface area contributed by atoms with Crippen molar-refractivity contribution in [2.75, 3.05) is 0 Å². The molecule has 1 aromatic carbocycles. The van der Waals surface area contributed by atoms with Gasteiger partial charge in [-0.2, -0.15) is 0 Å². The fourth-order valence-electron chi connectivity index (χ4n) is 1.92. The first-order valence-electron chi connectivity index (χ1n) is 7.71. The zero-order valence-corrected chi connectivity index (χ0v) is 14.2. The summed E-state index contributed by atoms with van der Waals surface area (Å²) in [5.74, 6) is 0.375. The molecule has 1 unspecified atom stereocenters. The number of ether oxygens (including phenoxy) is 2. The molecule has 0 N–H and O–H groups in total. The van der Waals surface area contributed by atoms with Crippen molar-refractivity contribution in [3.8, 4) is 5.75 Å². The Morgan fingerprint density at radius 1 is 1.05 bits per heavy atom. The highest BCUT2D eigenvalue weighted by Gasteiger charge is 2.37. The first-order valence-corrected chi connectivity index (χ1v) is 7.71. The van der Waals surface area contributed by atoms with E-state index < -0.39 is 11.2 Å². The predicted octanol–water partition coefficient (Wildman–Crippen LogP) is 4.53. The lowest BCUT2D eigenvalue weighted by atomic mass is 10.0. The molecule has 1 atom stereocenters. The Balaban J connectivity index is 2.82. The molecule has 0 aliphatic carbocycles. The topological polar surface area (TPSA) is 35.5 Å². The zero-order chi connectivity index (χ0) is 16.1. The van der Waals surface area contributed by atoms with Crippen molar-refractivity contribution < 1.29 is 14.3 Å². The van der Waals surface area contributed by atoms with Crippen LogP contribution in [0, 0.1) is 0 Å². The summed E-state index contributed by atoms with van der Waals surface area (Å²) in [6.45, 7) is 11.4. The van der Waals surface area contributed by atoms with Crippen LogP contribution in [0.1, 0.15) is 59.9 Å². The number of rotatable bonds is 6. The first-order chi connectivity index (χ1) is 9.70. The lowest BCUT2D eigenvalue weighted by molar-refractivity contribution is -0.172. The SMILES string of the molecule is CCCc1ccc(OC(C)(CC)C(=O)OC(C)(C)C)cc1. The molecule has 0 bridgehead atoms. The van der Waals surface area contributed by atoms with E-state index in [-0.39, 0.29) is 5.97 Å². The van der Waals surface area contributed by atoms with Crippen molar-refractivity contribution in [2.24, 2.45) is 0 Å². The average Bonchev–Trinajstić information content (AvgIpc) is 2.39. The normalized spacial score (nSPS) is 14.4. The van der Waals surface area contributed by atoms with Gasteiger partial charge in [-0.1, -0.05) is 32.4 Å². The molecular formula is C18H28O3. The van der Waals surface area contributed by atoms with Crippen molar-refractivity contribution in [2.45, 2.75) is 72.0 Å². The second-order valence-electron chi connectivity index (χ2n) is 6.58. The summed E-state index contributed by atoms with van der Waals surface area (Å²) in [6.07, 6.45) is 2.72. The molecule has 0 saturated heterocycles. The third kappa shape index (κ3) is 5.41. The van der Waals surface area contributed by atoms with Gasteiger partial charge < -0.3 is 9.47 Å². The van der Waals surface area contributed by atoms with Crippen LogP contribution < -0.4 is 4.74 Å². The van der Waals surface area contributed by atoms with Crippen LogP contribution in [0.3, 0.4) is 0 Å². The van der Waals surface area contributed by atoms with Crippen LogP contribution in [0.25, 0.3) is 0 Å². The summed E-state index contributed by atoms with van der Waals surface area (Å²) in [7, 11) is 0. The van der Waals surface area contributed by atoms with E-state index in [1.54, 1.807) is 6.92 Å². The van der Waals surface area contributed by atoms with Crippen LogP contribution in [-0.4, -0.2) is 17.2 Å². The molecule has 3 nitrogen and oxygen atoms in total. The summed E-state index contributed by atoms with van der Waals surface area (Å²) in [6, 6.07) is 7.93. The van der Waals surface area contributed by atoms with Crippen LogP contribution in [0.2, 0.25) is 0 Å². The smallest absolute Gasteiger partial charge is 0.350 e. The van der Waals surface area contributed by atoms with Gasteiger partial charge in [-0.15, -0.1) is 0 Å². The fourth-order valence-corrected chi connectivity index (χ4v) is 1.92. The number of carbonyl (C=O) groups excluding carboxylic acids is 1. The number of carbonyl (C=O) groups is 1. The molecule has 0 amide bonds. The van der Waals surface area contributed by atoms with E-state index in [0.29, 0.717) is 12.2 Å². The molecule has 1 aromatic rings. The van der Waals surface area contributed by atoms with E-state index in [9.17, 15) is 4.79 Å². The van der Waals surface area contributed by atoms with E-state index in [1.807, 2.05) is 52.0 Å². The second-order valence-corrected chi connectivity index (χ2v) is 6.58. The van der Waals surface area contributed by atoms with Gasteiger partial charge in [-0.25, -0.2) is 4.79 Å². The Kier molecular flexibility index (Phi) is 5.82. The molecule has 0 radical (unpaired) electrons. The molecule has 0 aromatic heterocycles. The van der Waals surface area contributed by atoms with Crippen molar-refractivity contribution >= 4 is 5.97 Å². The molecule has 0 saturated carbocycles. The van der Waals surface area contributed by atoms with Crippen LogP contribution >= 0.6 is 0 Å². The highest BCUT2D eigenvalue weighted by atomic mass is 16.6. The highest BCUT2D eigenvalue weighted by molar-refractivity contribution is 5.79. The summed E-state index contributed by atoms with van der Waals surface area (Å²) in [5.41, 5.74) is -0.193. The third-order valence-corrected chi connectivity index (χ3v) is 3.31. The molecule has 3 heteroatoms. The molecule has 1 rings (SSSR count). The third-order valence-electron chi connectivity index (χ3n) is 3.31. The molecule has 21 heavy (non-hydrogen) atoms. The predicted molar refractivity (Wildman–Crippen MR) is 85.6 cm³/mol. The molecule has 118 valence electrons. The minimum atomic E-state index is -0.959. The fraction of sp³-hybridized carbons (Fsp3) is 0.611. The lowest BCUT2D eigenvalue weighted by Gasteiger charge is -2.31. The van der Waals surface area contributed by atoms with E-state index in [1.165, 1.54) is 5.56 Å². The molecule has 0 spiro atoms.